The second kappa shape index (κ2) is 4.22. The van der Waals surface area contributed by atoms with Gasteiger partial charge in [0.25, 0.3) is 0 Å². The van der Waals surface area contributed by atoms with Crippen LogP contribution in [0.25, 0.3) is 0 Å². The monoisotopic (exact) mass is 272 g/mol. The Balaban J connectivity index is 0.00000108. The molecule has 1 saturated carbocycles. The summed E-state index contributed by atoms with van der Waals surface area (Å²) >= 11 is 1.88. The maximum Gasteiger partial charge on any atom is 0.113 e. The normalized spacial score (nSPS) is 24.4. The van der Waals surface area contributed by atoms with Gasteiger partial charge >= 0.3 is 0 Å². The highest BCUT2D eigenvalue weighted by Gasteiger charge is 2.39. The molecule has 0 spiro atoms. The van der Waals surface area contributed by atoms with Crippen molar-refractivity contribution in [1.82, 2.24) is 4.98 Å². The minimum absolute atomic E-state index is 0. The van der Waals surface area contributed by atoms with Crippen molar-refractivity contribution in [2.75, 3.05) is 0 Å². The van der Waals surface area contributed by atoms with E-state index in [1.165, 1.54) is 41.3 Å². The zero-order valence-electron chi connectivity index (χ0n) is 10.6. The number of aromatic nitrogens is 1. The maximum atomic E-state index is 6.48. The van der Waals surface area contributed by atoms with Crippen LogP contribution in [0.5, 0.6) is 0 Å². The molecule has 1 aromatic rings. The molecule has 0 amide bonds. The van der Waals surface area contributed by atoms with E-state index >= 15 is 0 Å². The molecule has 0 unspecified atom stereocenters. The van der Waals surface area contributed by atoms with Gasteiger partial charge in [0.15, 0.2) is 0 Å². The van der Waals surface area contributed by atoms with Crippen LogP contribution < -0.4 is 5.73 Å². The van der Waals surface area contributed by atoms with Crippen LogP contribution in [0, 0.1) is 0 Å². The van der Waals surface area contributed by atoms with Gasteiger partial charge in [0.2, 0.25) is 0 Å². The maximum absolute atomic E-state index is 6.48. The number of rotatable bonds is 1. The molecule has 0 aliphatic heterocycles. The van der Waals surface area contributed by atoms with Crippen molar-refractivity contribution >= 4 is 23.7 Å². The van der Waals surface area contributed by atoms with Crippen LogP contribution in [0.15, 0.2) is 0 Å². The number of nitrogens with zero attached hydrogens (tertiary/aromatic N) is 1. The van der Waals surface area contributed by atoms with Gasteiger partial charge in [-0.2, -0.15) is 0 Å². The number of aryl methyl sites for hydroxylation is 1. The van der Waals surface area contributed by atoms with Gasteiger partial charge in [0.1, 0.15) is 5.01 Å². The lowest BCUT2D eigenvalue weighted by Gasteiger charge is -2.21. The largest absolute Gasteiger partial charge is 0.319 e. The van der Waals surface area contributed by atoms with E-state index in [9.17, 15) is 0 Å². The Kier molecular flexibility index (Phi) is 3.30. The van der Waals surface area contributed by atoms with E-state index < -0.39 is 0 Å². The van der Waals surface area contributed by atoms with Gasteiger partial charge in [-0.15, -0.1) is 23.7 Å². The summed E-state index contributed by atoms with van der Waals surface area (Å²) in [6.45, 7) is 4.61. The van der Waals surface area contributed by atoms with Gasteiger partial charge in [0, 0.05) is 10.3 Å². The molecule has 1 heterocycles. The third-order valence-electron chi connectivity index (χ3n) is 4.24. The standard InChI is InChI=1S/C13H20N2S.ClH/c1-12(2)8-5-9-10(12)15-11(16-9)13(14)6-3-4-7-13;/h3-8,14H2,1-2H3;1H. The van der Waals surface area contributed by atoms with Gasteiger partial charge in [-0.25, -0.2) is 4.98 Å². The quantitative estimate of drug-likeness (QED) is 0.850. The predicted molar refractivity (Wildman–Crippen MR) is 75.0 cm³/mol. The molecular weight excluding hydrogens is 252 g/mol. The summed E-state index contributed by atoms with van der Waals surface area (Å²) in [6.07, 6.45) is 7.24. The summed E-state index contributed by atoms with van der Waals surface area (Å²) in [4.78, 5) is 6.39. The van der Waals surface area contributed by atoms with Crippen LogP contribution in [0.2, 0.25) is 0 Å². The van der Waals surface area contributed by atoms with Gasteiger partial charge < -0.3 is 5.73 Å². The molecule has 0 atom stereocenters. The smallest absolute Gasteiger partial charge is 0.113 e. The third kappa shape index (κ3) is 2.02. The van der Waals surface area contributed by atoms with E-state index in [4.69, 9.17) is 10.7 Å². The molecular formula is C13H21ClN2S. The molecule has 2 N–H and O–H groups in total. The lowest BCUT2D eigenvalue weighted by atomic mass is 9.91. The number of hydrogen-bond donors (Lipinski definition) is 1. The number of halogens is 1. The zero-order valence-corrected chi connectivity index (χ0v) is 12.2. The Labute approximate surface area is 113 Å². The van der Waals surface area contributed by atoms with Crippen molar-refractivity contribution in [3.05, 3.63) is 15.6 Å². The Morgan fingerprint density at radius 3 is 2.41 bits per heavy atom. The summed E-state index contributed by atoms with van der Waals surface area (Å²) in [5.74, 6) is 0. The molecule has 4 heteroatoms. The van der Waals surface area contributed by atoms with Crippen LogP contribution in [0.3, 0.4) is 0 Å². The number of hydrogen-bond acceptors (Lipinski definition) is 3. The first-order valence-electron chi connectivity index (χ1n) is 6.31. The van der Waals surface area contributed by atoms with Crippen LogP contribution in [0.4, 0.5) is 0 Å². The Morgan fingerprint density at radius 1 is 1.18 bits per heavy atom. The fraction of sp³-hybridized carbons (Fsp3) is 0.769. The SMILES string of the molecule is CC1(C)CCc2sc(C3(N)CCCC3)nc21.Cl. The average molecular weight is 273 g/mol. The summed E-state index contributed by atoms with van der Waals surface area (Å²) < 4.78 is 0. The van der Waals surface area contributed by atoms with Crippen LogP contribution in [-0.2, 0) is 17.4 Å². The van der Waals surface area contributed by atoms with Crippen molar-refractivity contribution in [3.8, 4) is 0 Å². The second-order valence-corrected chi connectivity index (χ2v) is 7.12. The second-order valence-electron chi connectivity index (χ2n) is 6.04. The molecule has 17 heavy (non-hydrogen) atoms. The zero-order chi connectivity index (χ0) is 11.4. The van der Waals surface area contributed by atoms with Crippen LogP contribution >= 0.6 is 23.7 Å². The van der Waals surface area contributed by atoms with Crippen molar-refractivity contribution in [1.29, 1.82) is 0 Å². The highest BCUT2D eigenvalue weighted by atomic mass is 35.5. The third-order valence-corrected chi connectivity index (χ3v) is 5.57. The molecule has 1 aromatic heterocycles. The summed E-state index contributed by atoms with van der Waals surface area (Å²) in [5, 5.41) is 1.21. The fourth-order valence-electron chi connectivity index (χ4n) is 3.03. The molecule has 0 bridgehead atoms. The van der Waals surface area contributed by atoms with E-state index in [0.717, 1.165) is 12.8 Å². The highest BCUT2D eigenvalue weighted by molar-refractivity contribution is 7.12. The predicted octanol–water partition coefficient (Wildman–Crippen LogP) is 3.52. The van der Waals surface area contributed by atoms with Crippen molar-refractivity contribution < 1.29 is 0 Å². The average Bonchev–Trinajstić information content (AvgIpc) is 2.85. The van der Waals surface area contributed by atoms with Gasteiger partial charge in [-0.3, -0.25) is 0 Å². The van der Waals surface area contributed by atoms with Gasteiger partial charge in [-0.1, -0.05) is 26.7 Å². The van der Waals surface area contributed by atoms with E-state index in [-0.39, 0.29) is 23.4 Å². The molecule has 3 rings (SSSR count). The van der Waals surface area contributed by atoms with Crippen molar-refractivity contribution in [3.63, 3.8) is 0 Å². The Bertz CT molecular complexity index is 419. The number of nitrogens with two attached hydrogens (primary N) is 1. The fourth-order valence-corrected chi connectivity index (χ4v) is 4.43. The summed E-state index contributed by atoms with van der Waals surface area (Å²) in [6, 6.07) is 0. The van der Waals surface area contributed by atoms with E-state index in [2.05, 4.69) is 13.8 Å². The minimum atomic E-state index is -0.0922. The highest BCUT2D eigenvalue weighted by Crippen LogP contribution is 2.45. The Morgan fingerprint density at radius 2 is 1.82 bits per heavy atom. The molecule has 2 aliphatic rings. The van der Waals surface area contributed by atoms with E-state index in [0.29, 0.717) is 0 Å². The molecule has 0 aromatic carbocycles. The Hall–Kier alpha value is -0.120. The molecule has 2 aliphatic carbocycles. The topological polar surface area (TPSA) is 38.9 Å². The lowest BCUT2D eigenvalue weighted by molar-refractivity contribution is 0.449. The minimum Gasteiger partial charge on any atom is -0.319 e. The molecule has 1 fully saturated rings. The van der Waals surface area contributed by atoms with Crippen LogP contribution in [-0.4, -0.2) is 4.98 Å². The lowest BCUT2D eigenvalue weighted by Crippen LogP contribution is -2.33. The van der Waals surface area contributed by atoms with E-state index in [1.54, 1.807) is 0 Å². The van der Waals surface area contributed by atoms with Crippen molar-refractivity contribution in [2.24, 2.45) is 5.73 Å². The molecule has 0 radical (unpaired) electrons. The van der Waals surface area contributed by atoms with E-state index in [1.807, 2.05) is 11.3 Å². The van der Waals surface area contributed by atoms with Crippen LogP contribution in [0.1, 0.15) is 61.5 Å². The summed E-state index contributed by atoms with van der Waals surface area (Å²) in [5.41, 5.74) is 8.00. The first kappa shape index (κ1) is 13.3. The van der Waals surface area contributed by atoms with Gasteiger partial charge in [-0.05, 0) is 25.7 Å². The number of thiazole rings is 1. The molecule has 96 valence electrons. The first-order valence-corrected chi connectivity index (χ1v) is 7.12. The molecule has 0 saturated heterocycles. The van der Waals surface area contributed by atoms with Crippen molar-refractivity contribution in [2.45, 2.75) is 63.3 Å². The molecule has 2 nitrogen and oxygen atoms in total. The first-order chi connectivity index (χ1) is 7.51. The summed E-state index contributed by atoms with van der Waals surface area (Å²) in [7, 11) is 0. The van der Waals surface area contributed by atoms with Gasteiger partial charge in [0.05, 0.1) is 11.2 Å². The number of fused-ring (bicyclic) bond motifs is 1.